The molecular weight excluding hydrogens is 368 g/mol. The number of ether oxygens (including phenoxy) is 2. The number of para-hydroxylation sites is 1. The van der Waals surface area contributed by atoms with Gasteiger partial charge in [-0.05, 0) is 38.1 Å². The number of methoxy groups -OCH3 is 1. The van der Waals surface area contributed by atoms with E-state index >= 15 is 0 Å². The van der Waals surface area contributed by atoms with Crippen LogP contribution in [-0.4, -0.2) is 35.8 Å². The molecule has 2 rings (SSSR count). The number of nitrogens with zero attached hydrogens (tertiary/aromatic N) is 1. The number of amides is 1. The maximum Gasteiger partial charge on any atom is 0.338 e. The van der Waals surface area contributed by atoms with E-state index in [1.54, 1.807) is 24.3 Å². The Morgan fingerprint density at radius 1 is 1.14 bits per heavy atom. The van der Waals surface area contributed by atoms with E-state index in [1.165, 1.54) is 26.0 Å². The van der Waals surface area contributed by atoms with Gasteiger partial charge in [0.05, 0.1) is 23.3 Å². The first-order valence-electron chi connectivity index (χ1n) is 8.18. The van der Waals surface area contributed by atoms with Crippen molar-refractivity contribution in [3.8, 4) is 5.75 Å². The third-order valence-corrected chi connectivity index (χ3v) is 3.81. The fourth-order valence-corrected chi connectivity index (χ4v) is 2.38. The zero-order valence-corrected chi connectivity index (χ0v) is 15.4. The van der Waals surface area contributed by atoms with Gasteiger partial charge in [0.1, 0.15) is 0 Å². The number of esters is 1. The lowest BCUT2D eigenvalue weighted by molar-refractivity contribution is -0.386. The molecular formula is C19H18N2O7. The summed E-state index contributed by atoms with van der Waals surface area (Å²) in [4.78, 5) is 46.1. The minimum Gasteiger partial charge on any atom is -0.474 e. The summed E-state index contributed by atoms with van der Waals surface area (Å²) < 4.78 is 9.95. The molecule has 0 aliphatic rings. The zero-order valence-electron chi connectivity index (χ0n) is 15.4. The van der Waals surface area contributed by atoms with Crippen molar-refractivity contribution in [3.05, 3.63) is 63.7 Å². The van der Waals surface area contributed by atoms with Crippen LogP contribution >= 0.6 is 0 Å². The third-order valence-electron chi connectivity index (χ3n) is 3.81. The number of nitro benzene ring substituents is 1. The first-order valence-corrected chi connectivity index (χ1v) is 8.18. The topological polar surface area (TPSA) is 125 Å². The lowest BCUT2D eigenvalue weighted by atomic mass is 10.1. The number of nitro groups is 1. The van der Waals surface area contributed by atoms with E-state index in [0.717, 1.165) is 13.2 Å². The quantitative estimate of drug-likeness (QED) is 0.336. The molecule has 1 amide bonds. The van der Waals surface area contributed by atoms with Crippen molar-refractivity contribution in [1.29, 1.82) is 0 Å². The predicted molar refractivity (Wildman–Crippen MR) is 99.6 cm³/mol. The summed E-state index contributed by atoms with van der Waals surface area (Å²) in [6.45, 7) is 2.78. The van der Waals surface area contributed by atoms with Crippen LogP contribution in [0.4, 0.5) is 11.4 Å². The van der Waals surface area contributed by atoms with Crippen LogP contribution in [0.5, 0.6) is 5.75 Å². The van der Waals surface area contributed by atoms with Crippen LogP contribution in [0.3, 0.4) is 0 Å². The van der Waals surface area contributed by atoms with Crippen molar-refractivity contribution in [2.75, 3.05) is 12.4 Å². The highest BCUT2D eigenvalue weighted by Gasteiger charge is 2.24. The first-order chi connectivity index (χ1) is 13.2. The summed E-state index contributed by atoms with van der Waals surface area (Å²) >= 11 is 0. The molecule has 9 nitrogen and oxygen atoms in total. The average Bonchev–Trinajstić information content (AvgIpc) is 2.67. The Labute approximate surface area is 160 Å². The molecule has 0 radical (unpaired) electrons. The van der Waals surface area contributed by atoms with Gasteiger partial charge in [0.25, 0.3) is 5.91 Å². The first kappa shape index (κ1) is 20.6. The number of hydrogen-bond acceptors (Lipinski definition) is 7. The second-order valence-corrected chi connectivity index (χ2v) is 5.78. The molecule has 2 aromatic rings. The molecule has 0 aliphatic carbocycles. The minimum atomic E-state index is -1.11. The van der Waals surface area contributed by atoms with Gasteiger partial charge in [-0.1, -0.05) is 12.1 Å². The van der Waals surface area contributed by atoms with E-state index in [-0.39, 0.29) is 17.1 Å². The second-order valence-electron chi connectivity index (χ2n) is 5.78. The number of nitrogens with one attached hydrogen (secondary N) is 1. The van der Waals surface area contributed by atoms with Crippen molar-refractivity contribution in [1.82, 2.24) is 0 Å². The van der Waals surface area contributed by atoms with Gasteiger partial charge >= 0.3 is 11.7 Å². The summed E-state index contributed by atoms with van der Waals surface area (Å²) in [6.07, 6.45) is -1.11. The number of carbonyl (C=O) groups excluding carboxylic acids is 3. The molecule has 0 spiro atoms. The molecule has 9 heteroatoms. The summed E-state index contributed by atoms with van der Waals surface area (Å²) in [5, 5.41) is 13.9. The maximum atomic E-state index is 12.4. The number of Topliss-reactive ketones (excluding diaryl/α,β-unsaturated/α-hetero) is 1. The fraction of sp³-hybridized carbons (Fsp3) is 0.211. The van der Waals surface area contributed by atoms with Crippen LogP contribution < -0.4 is 10.1 Å². The van der Waals surface area contributed by atoms with E-state index in [9.17, 15) is 24.5 Å². The van der Waals surface area contributed by atoms with Gasteiger partial charge < -0.3 is 14.8 Å². The Balaban J connectivity index is 2.21. The van der Waals surface area contributed by atoms with Crippen molar-refractivity contribution >= 4 is 29.0 Å². The van der Waals surface area contributed by atoms with Gasteiger partial charge in [0.2, 0.25) is 0 Å². The van der Waals surface area contributed by atoms with Crippen molar-refractivity contribution < 1.29 is 28.8 Å². The van der Waals surface area contributed by atoms with E-state index in [0.29, 0.717) is 11.3 Å². The average molecular weight is 386 g/mol. The summed E-state index contributed by atoms with van der Waals surface area (Å²) in [6, 6.07) is 9.98. The van der Waals surface area contributed by atoms with Gasteiger partial charge in [-0.15, -0.1) is 0 Å². The number of ketones is 1. The van der Waals surface area contributed by atoms with E-state index < -0.39 is 28.6 Å². The molecule has 0 heterocycles. The number of benzene rings is 2. The van der Waals surface area contributed by atoms with E-state index in [2.05, 4.69) is 10.1 Å². The normalized spacial score (nSPS) is 11.2. The molecule has 0 fully saturated rings. The largest absolute Gasteiger partial charge is 0.474 e. The van der Waals surface area contributed by atoms with Gasteiger partial charge in [0, 0.05) is 11.6 Å². The fourth-order valence-electron chi connectivity index (χ4n) is 2.38. The van der Waals surface area contributed by atoms with Crippen molar-refractivity contribution in [3.63, 3.8) is 0 Å². The number of rotatable bonds is 7. The van der Waals surface area contributed by atoms with Gasteiger partial charge in [-0.2, -0.15) is 0 Å². The van der Waals surface area contributed by atoms with Crippen LogP contribution in [0.15, 0.2) is 42.5 Å². The molecule has 146 valence electrons. The lowest BCUT2D eigenvalue weighted by Gasteiger charge is -2.16. The van der Waals surface area contributed by atoms with Gasteiger partial charge in [0.15, 0.2) is 17.6 Å². The Morgan fingerprint density at radius 3 is 2.43 bits per heavy atom. The summed E-state index contributed by atoms with van der Waals surface area (Å²) in [5.41, 5.74) is 0.142. The van der Waals surface area contributed by atoms with E-state index in [4.69, 9.17) is 4.74 Å². The monoisotopic (exact) mass is 386 g/mol. The highest BCUT2D eigenvalue weighted by molar-refractivity contribution is 6.04. The smallest absolute Gasteiger partial charge is 0.338 e. The van der Waals surface area contributed by atoms with Crippen molar-refractivity contribution in [2.45, 2.75) is 20.0 Å². The maximum absolute atomic E-state index is 12.4. The zero-order chi connectivity index (χ0) is 20.8. The molecule has 0 bridgehead atoms. The molecule has 1 N–H and O–H groups in total. The van der Waals surface area contributed by atoms with Crippen LogP contribution in [0.2, 0.25) is 0 Å². The molecule has 28 heavy (non-hydrogen) atoms. The van der Waals surface area contributed by atoms with E-state index in [1.807, 2.05) is 0 Å². The minimum absolute atomic E-state index is 0.0194. The van der Waals surface area contributed by atoms with Gasteiger partial charge in [-0.3, -0.25) is 19.7 Å². The highest BCUT2D eigenvalue weighted by atomic mass is 16.6. The Morgan fingerprint density at radius 2 is 1.82 bits per heavy atom. The molecule has 2 aromatic carbocycles. The number of anilines is 1. The Hall–Kier alpha value is -3.75. The Bertz CT molecular complexity index is 940. The molecule has 0 aliphatic heterocycles. The lowest BCUT2D eigenvalue weighted by Crippen LogP contribution is -2.30. The molecule has 0 aromatic heterocycles. The molecule has 0 saturated heterocycles. The van der Waals surface area contributed by atoms with Gasteiger partial charge in [-0.25, -0.2) is 4.79 Å². The summed E-state index contributed by atoms with van der Waals surface area (Å²) in [7, 11) is 1.16. The van der Waals surface area contributed by atoms with Crippen LogP contribution in [0, 0.1) is 10.1 Å². The van der Waals surface area contributed by atoms with Crippen LogP contribution in [0.1, 0.15) is 34.6 Å². The third kappa shape index (κ3) is 4.70. The highest BCUT2D eigenvalue weighted by Crippen LogP contribution is 2.29. The molecule has 0 unspecified atom stereocenters. The van der Waals surface area contributed by atoms with Crippen molar-refractivity contribution in [2.24, 2.45) is 0 Å². The standard InChI is InChI=1S/C19H18N2O7/c1-11(22)14-6-4-5-7-15(14)20-18(23)12(2)28-17-9-8-13(19(24)27-3)10-16(17)21(25)26/h4-10,12H,1-3H3,(H,20,23)/t12-/m1/s1. The number of hydrogen-bond donors (Lipinski definition) is 1. The Kier molecular flexibility index (Phi) is 6.43. The second kappa shape index (κ2) is 8.76. The number of carbonyl (C=O) groups is 3. The van der Waals surface area contributed by atoms with Crippen LogP contribution in [-0.2, 0) is 9.53 Å². The predicted octanol–water partition coefficient (Wildman–Crippen LogP) is 2.99. The summed E-state index contributed by atoms with van der Waals surface area (Å²) in [5.74, 6) is -1.74. The molecule has 1 atom stereocenters. The SMILES string of the molecule is COC(=O)c1ccc(O[C@H](C)C(=O)Nc2ccccc2C(C)=O)c([N+](=O)[O-])c1. The molecule has 0 saturated carbocycles. The van der Waals surface area contributed by atoms with Crippen LogP contribution in [0.25, 0.3) is 0 Å².